The number of hydrogen-bond acceptors (Lipinski definition) is 5. The molecule has 0 aromatic carbocycles. The van der Waals surface area contributed by atoms with Gasteiger partial charge in [-0.15, -0.1) is 0 Å². The summed E-state index contributed by atoms with van der Waals surface area (Å²) in [7, 11) is 1.33. The van der Waals surface area contributed by atoms with Crippen LogP contribution in [0.4, 0.5) is 0 Å². The molecule has 0 aliphatic carbocycles. The third-order valence-electron chi connectivity index (χ3n) is 1.81. The van der Waals surface area contributed by atoms with Crippen molar-refractivity contribution >= 4 is 5.97 Å². The first-order chi connectivity index (χ1) is 7.27. The van der Waals surface area contributed by atoms with E-state index in [1.165, 1.54) is 7.11 Å². The minimum Gasteiger partial charge on any atom is -0.468 e. The number of esters is 1. The van der Waals surface area contributed by atoms with Crippen molar-refractivity contribution in [1.29, 1.82) is 5.26 Å². The first kappa shape index (κ1) is 11.1. The molecule has 0 fully saturated rings. The number of carbonyl (C=O) groups excluding carboxylic acids is 1. The average molecular weight is 205 g/mol. The zero-order chi connectivity index (χ0) is 11.1. The molecule has 0 aliphatic heterocycles. The summed E-state index contributed by atoms with van der Waals surface area (Å²) in [5, 5.41) is 11.6. The number of nitrogens with one attached hydrogen (secondary N) is 1. The molecule has 0 amide bonds. The molecule has 1 aromatic heterocycles. The third kappa shape index (κ3) is 3.37. The fourth-order valence-electron chi connectivity index (χ4n) is 1.05. The molecule has 0 unspecified atom stereocenters. The fourth-order valence-corrected chi connectivity index (χ4v) is 1.05. The van der Waals surface area contributed by atoms with Crippen molar-refractivity contribution in [2.24, 2.45) is 0 Å². The van der Waals surface area contributed by atoms with Gasteiger partial charge in [0, 0.05) is 18.3 Å². The molecule has 0 aliphatic rings. The van der Waals surface area contributed by atoms with Crippen LogP contribution >= 0.6 is 0 Å². The maximum Gasteiger partial charge on any atom is 0.319 e. The number of nitrogens with zero attached hydrogens (tertiary/aromatic N) is 2. The quantitative estimate of drug-likeness (QED) is 0.711. The van der Waals surface area contributed by atoms with Gasteiger partial charge in [0.25, 0.3) is 0 Å². The third-order valence-corrected chi connectivity index (χ3v) is 1.81. The summed E-state index contributed by atoms with van der Waals surface area (Å²) in [6, 6.07) is 5.51. The van der Waals surface area contributed by atoms with Gasteiger partial charge in [0.05, 0.1) is 13.7 Å². The molecule has 1 heterocycles. The van der Waals surface area contributed by atoms with E-state index in [2.05, 4.69) is 15.0 Å². The second kappa shape index (κ2) is 5.73. The van der Waals surface area contributed by atoms with Crippen LogP contribution in [-0.4, -0.2) is 24.6 Å². The Bertz CT molecular complexity index is 384. The summed E-state index contributed by atoms with van der Waals surface area (Å²) in [5.41, 5.74) is 1.14. The van der Waals surface area contributed by atoms with Gasteiger partial charge in [-0.25, -0.2) is 4.98 Å². The molecule has 0 bridgehead atoms. The number of rotatable bonds is 4. The van der Waals surface area contributed by atoms with E-state index in [0.717, 1.165) is 5.56 Å². The van der Waals surface area contributed by atoms with E-state index in [-0.39, 0.29) is 12.5 Å². The van der Waals surface area contributed by atoms with Crippen LogP contribution in [0.1, 0.15) is 11.3 Å². The predicted molar refractivity (Wildman–Crippen MR) is 52.7 cm³/mol. The SMILES string of the molecule is COC(=O)CNCc1cccnc1C#N. The summed E-state index contributed by atoms with van der Waals surface area (Å²) in [5.74, 6) is -0.336. The summed E-state index contributed by atoms with van der Waals surface area (Å²) in [4.78, 5) is 14.7. The lowest BCUT2D eigenvalue weighted by Gasteiger charge is -2.04. The lowest BCUT2D eigenvalue weighted by molar-refractivity contribution is -0.139. The molecule has 78 valence electrons. The molecule has 0 saturated heterocycles. The van der Waals surface area contributed by atoms with Gasteiger partial charge in [0.2, 0.25) is 0 Å². The van der Waals surface area contributed by atoms with Crippen molar-refractivity contribution in [3.8, 4) is 6.07 Å². The standard InChI is InChI=1S/C10H11N3O2/c1-15-10(14)7-12-6-8-3-2-4-13-9(8)5-11/h2-4,12H,6-7H2,1H3. The molecular formula is C10H11N3O2. The number of nitriles is 1. The van der Waals surface area contributed by atoms with E-state index in [9.17, 15) is 4.79 Å². The Hall–Kier alpha value is -1.93. The van der Waals surface area contributed by atoms with Crippen LogP contribution < -0.4 is 5.32 Å². The smallest absolute Gasteiger partial charge is 0.319 e. The van der Waals surface area contributed by atoms with Crippen molar-refractivity contribution in [1.82, 2.24) is 10.3 Å². The number of methoxy groups -OCH3 is 1. The average Bonchev–Trinajstić information content (AvgIpc) is 2.29. The Morgan fingerprint density at radius 1 is 1.73 bits per heavy atom. The van der Waals surface area contributed by atoms with Crippen LogP contribution in [0.3, 0.4) is 0 Å². The van der Waals surface area contributed by atoms with E-state index in [0.29, 0.717) is 12.2 Å². The highest BCUT2D eigenvalue weighted by Crippen LogP contribution is 2.02. The van der Waals surface area contributed by atoms with E-state index in [1.54, 1.807) is 18.3 Å². The molecule has 5 heteroatoms. The first-order valence-corrected chi connectivity index (χ1v) is 4.39. The Kier molecular flexibility index (Phi) is 4.26. The highest BCUT2D eigenvalue weighted by Gasteiger charge is 2.03. The highest BCUT2D eigenvalue weighted by atomic mass is 16.5. The summed E-state index contributed by atoms with van der Waals surface area (Å²) >= 11 is 0. The van der Waals surface area contributed by atoms with Crippen molar-refractivity contribution in [3.05, 3.63) is 29.6 Å². The maximum absolute atomic E-state index is 10.8. The van der Waals surface area contributed by atoms with Crippen molar-refractivity contribution in [2.45, 2.75) is 6.54 Å². The number of hydrogen-bond donors (Lipinski definition) is 1. The molecule has 15 heavy (non-hydrogen) atoms. The van der Waals surface area contributed by atoms with E-state index >= 15 is 0 Å². The lowest BCUT2D eigenvalue weighted by Crippen LogP contribution is -2.23. The van der Waals surface area contributed by atoms with E-state index < -0.39 is 0 Å². The minimum atomic E-state index is -0.336. The second-order valence-electron chi connectivity index (χ2n) is 2.80. The van der Waals surface area contributed by atoms with Gasteiger partial charge in [0.1, 0.15) is 11.8 Å². The zero-order valence-electron chi connectivity index (χ0n) is 8.36. The van der Waals surface area contributed by atoms with Gasteiger partial charge >= 0.3 is 5.97 Å². The Morgan fingerprint density at radius 3 is 3.20 bits per heavy atom. The van der Waals surface area contributed by atoms with Crippen LogP contribution in [0.25, 0.3) is 0 Å². The largest absolute Gasteiger partial charge is 0.468 e. The first-order valence-electron chi connectivity index (χ1n) is 4.39. The van der Waals surface area contributed by atoms with Gasteiger partial charge in [-0.1, -0.05) is 6.07 Å². The number of ether oxygens (including phenoxy) is 1. The molecule has 1 N–H and O–H groups in total. The van der Waals surface area contributed by atoms with Crippen LogP contribution in [0.2, 0.25) is 0 Å². The highest BCUT2D eigenvalue weighted by molar-refractivity contribution is 5.71. The number of carbonyl (C=O) groups is 1. The molecule has 1 aromatic rings. The summed E-state index contributed by atoms with van der Waals surface area (Å²) in [6.07, 6.45) is 1.56. The monoisotopic (exact) mass is 205 g/mol. The van der Waals surface area contributed by atoms with Gasteiger partial charge in [-0.2, -0.15) is 5.26 Å². The van der Waals surface area contributed by atoms with Crippen molar-refractivity contribution < 1.29 is 9.53 Å². The van der Waals surface area contributed by atoms with Crippen LogP contribution in [0, 0.1) is 11.3 Å². The molecule has 0 saturated carbocycles. The topological polar surface area (TPSA) is 75.0 Å². The molecular weight excluding hydrogens is 194 g/mol. The van der Waals surface area contributed by atoms with Gasteiger partial charge in [-0.3, -0.25) is 4.79 Å². The summed E-state index contributed by atoms with van der Waals surface area (Å²) in [6.45, 7) is 0.544. The molecule has 0 atom stereocenters. The van der Waals surface area contributed by atoms with Crippen LogP contribution in [-0.2, 0) is 16.1 Å². The lowest BCUT2D eigenvalue weighted by atomic mass is 10.2. The van der Waals surface area contributed by atoms with E-state index in [1.807, 2.05) is 6.07 Å². The molecule has 1 rings (SSSR count). The molecule has 5 nitrogen and oxygen atoms in total. The second-order valence-corrected chi connectivity index (χ2v) is 2.80. The Morgan fingerprint density at radius 2 is 2.53 bits per heavy atom. The van der Waals surface area contributed by atoms with Crippen molar-refractivity contribution in [2.75, 3.05) is 13.7 Å². The van der Waals surface area contributed by atoms with Crippen LogP contribution in [0.5, 0.6) is 0 Å². The Balaban J connectivity index is 2.51. The number of pyridine rings is 1. The van der Waals surface area contributed by atoms with Gasteiger partial charge < -0.3 is 10.1 Å². The molecule has 0 radical (unpaired) electrons. The summed E-state index contributed by atoms with van der Waals surface area (Å²) < 4.78 is 4.46. The zero-order valence-corrected chi connectivity index (χ0v) is 8.36. The van der Waals surface area contributed by atoms with Crippen LogP contribution in [0.15, 0.2) is 18.3 Å². The van der Waals surface area contributed by atoms with Crippen molar-refractivity contribution in [3.63, 3.8) is 0 Å². The van der Waals surface area contributed by atoms with Gasteiger partial charge in [-0.05, 0) is 6.07 Å². The normalized spacial score (nSPS) is 9.33. The van der Waals surface area contributed by atoms with Gasteiger partial charge in [0.15, 0.2) is 0 Å². The Labute approximate surface area is 87.7 Å². The maximum atomic E-state index is 10.8. The van der Waals surface area contributed by atoms with E-state index in [4.69, 9.17) is 5.26 Å². The minimum absolute atomic E-state index is 0.121. The fraction of sp³-hybridized carbons (Fsp3) is 0.300. The molecule has 0 spiro atoms. The number of aromatic nitrogens is 1. The predicted octanol–water partition coefficient (Wildman–Crippen LogP) is 0.216.